The van der Waals surface area contributed by atoms with Gasteiger partial charge in [0.1, 0.15) is 6.10 Å². The average molecular weight is 261 g/mol. The van der Waals surface area contributed by atoms with Crippen LogP contribution in [0.1, 0.15) is 12.8 Å². The Hall–Kier alpha value is -1.58. The van der Waals surface area contributed by atoms with Gasteiger partial charge in [-0.15, -0.1) is 13.2 Å². The normalized spacial score (nSPS) is 38.1. The minimum atomic E-state index is -0.201. The molecule has 3 fully saturated rings. The van der Waals surface area contributed by atoms with Crippen molar-refractivity contribution in [3.05, 3.63) is 25.3 Å². The molecule has 0 aromatic heterocycles. The van der Waals surface area contributed by atoms with E-state index in [1.807, 2.05) is 0 Å². The zero-order chi connectivity index (χ0) is 13.6. The van der Waals surface area contributed by atoms with E-state index in [2.05, 4.69) is 13.2 Å². The molecule has 0 aromatic carbocycles. The Morgan fingerprint density at radius 1 is 1.32 bits per heavy atom. The fourth-order valence-electron chi connectivity index (χ4n) is 4.12. The van der Waals surface area contributed by atoms with Gasteiger partial charge in [0, 0.05) is 19.0 Å². The summed E-state index contributed by atoms with van der Waals surface area (Å²) < 4.78 is 5.37. The summed E-state index contributed by atoms with van der Waals surface area (Å²) in [6.07, 6.45) is 5.33. The molecule has 3 rings (SSSR count). The summed E-state index contributed by atoms with van der Waals surface area (Å²) in [5.74, 6) is 0.112. The largest absolute Gasteiger partial charge is 0.462 e. The van der Waals surface area contributed by atoms with Crippen LogP contribution in [0.15, 0.2) is 25.3 Å². The van der Waals surface area contributed by atoms with Gasteiger partial charge in [-0.1, -0.05) is 12.2 Å². The van der Waals surface area contributed by atoms with E-state index in [4.69, 9.17) is 4.74 Å². The number of hydrogen-bond acceptors (Lipinski definition) is 3. The second-order valence-electron chi connectivity index (χ2n) is 5.74. The summed E-state index contributed by atoms with van der Waals surface area (Å²) in [6, 6.07) is 0. The van der Waals surface area contributed by atoms with E-state index < -0.39 is 0 Å². The minimum absolute atomic E-state index is 0.0644. The molecule has 2 aliphatic carbocycles. The molecule has 4 heteroatoms. The molecular weight excluding hydrogens is 242 g/mol. The highest BCUT2D eigenvalue weighted by Gasteiger charge is 2.64. The predicted octanol–water partition coefficient (Wildman–Crippen LogP) is 1.38. The Balaban J connectivity index is 1.81. The van der Waals surface area contributed by atoms with E-state index in [0.717, 1.165) is 12.8 Å². The lowest BCUT2D eigenvalue weighted by Gasteiger charge is -2.29. The van der Waals surface area contributed by atoms with E-state index in [9.17, 15) is 9.59 Å². The fraction of sp³-hybridized carbons (Fsp3) is 0.600. The topological polar surface area (TPSA) is 46.6 Å². The smallest absolute Gasteiger partial charge is 0.310 e. The molecule has 1 saturated heterocycles. The Morgan fingerprint density at radius 3 is 2.63 bits per heavy atom. The van der Waals surface area contributed by atoms with Gasteiger partial charge in [0.25, 0.3) is 0 Å². The fourth-order valence-corrected chi connectivity index (χ4v) is 4.12. The van der Waals surface area contributed by atoms with Crippen molar-refractivity contribution >= 4 is 11.9 Å². The monoisotopic (exact) mass is 261 g/mol. The minimum Gasteiger partial charge on any atom is -0.462 e. The number of nitrogens with zero attached hydrogens (tertiary/aromatic N) is 1. The van der Waals surface area contributed by atoms with Crippen LogP contribution < -0.4 is 0 Å². The molecule has 2 bridgehead atoms. The van der Waals surface area contributed by atoms with E-state index in [1.165, 1.54) is 0 Å². The number of amides is 1. The zero-order valence-corrected chi connectivity index (χ0v) is 11.0. The molecule has 0 spiro atoms. The van der Waals surface area contributed by atoms with Gasteiger partial charge in [0.15, 0.2) is 0 Å². The third-order valence-corrected chi connectivity index (χ3v) is 4.78. The van der Waals surface area contributed by atoms with Crippen LogP contribution in [0.25, 0.3) is 0 Å². The lowest BCUT2D eigenvalue weighted by Crippen LogP contribution is -2.42. The molecule has 19 heavy (non-hydrogen) atoms. The van der Waals surface area contributed by atoms with Crippen molar-refractivity contribution in [3.8, 4) is 0 Å². The molecule has 0 N–H and O–H groups in total. The lowest BCUT2D eigenvalue weighted by atomic mass is 9.79. The predicted molar refractivity (Wildman–Crippen MR) is 70.0 cm³/mol. The lowest BCUT2D eigenvalue weighted by molar-refractivity contribution is -0.148. The maximum Gasteiger partial charge on any atom is 0.310 e. The first-order valence-corrected chi connectivity index (χ1v) is 6.88. The Kier molecular flexibility index (Phi) is 2.96. The molecule has 0 radical (unpaired) electrons. The van der Waals surface area contributed by atoms with E-state index >= 15 is 0 Å². The second kappa shape index (κ2) is 4.51. The van der Waals surface area contributed by atoms with Gasteiger partial charge in [-0.2, -0.15) is 0 Å². The summed E-state index contributed by atoms with van der Waals surface area (Å²) >= 11 is 0. The van der Waals surface area contributed by atoms with Crippen LogP contribution in [0.2, 0.25) is 0 Å². The van der Waals surface area contributed by atoms with Crippen molar-refractivity contribution in [1.29, 1.82) is 0 Å². The number of fused-ring (bicyclic) bond motifs is 1. The summed E-state index contributed by atoms with van der Waals surface area (Å²) in [6.45, 7) is 8.37. The maximum absolute atomic E-state index is 12.7. The zero-order valence-electron chi connectivity index (χ0n) is 11.0. The molecule has 5 atom stereocenters. The third kappa shape index (κ3) is 1.73. The van der Waals surface area contributed by atoms with E-state index in [1.54, 1.807) is 17.1 Å². The Morgan fingerprint density at radius 2 is 2.00 bits per heavy atom. The number of rotatable bonds is 5. The van der Waals surface area contributed by atoms with Crippen molar-refractivity contribution in [2.45, 2.75) is 18.9 Å². The highest BCUT2D eigenvalue weighted by molar-refractivity contribution is 5.88. The van der Waals surface area contributed by atoms with Crippen molar-refractivity contribution in [3.63, 3.8) is 0 Å². The molecule has 0 aromatic rings. The van der Waals surface area contributed by atoms with Crippen LogP contribution in [0.3, 0.4) is 0 Å². The highest BCUT2D eigenvalue weighted by Crippen LogP contribution is 2.58. The van der Waals surface area contributed by atoms with Gasteiger partial charge in [-0.05, 0) is 18.8 Å². The first kappa shape index (κ1) is 12.5. The molecule has 1 amide bonds. The number of carbonyl (C=O) groups excluding carboxylic acids is 2. The summed E-state index contributed by atoms with van der Waals surface area (Å²) in [7, 11) is 0. The Bertz CT molecular complexity index is 433. The number of ether oxygens (including phenoxy) is 1. The van der Waals surface area contributed by atoms with Gasteiger partial charge in [0.05, 0.1) is 11.8 Å². The molecule has 4 nitrogen and oxygen atoms in total. The molecular formula is C15H19NO3. The average Bonchev–Trinajstić information content (AvgIpc) is 2.98. The number of esters is 1. The Labute approximate surface area is 113 Å². The standard InChI is InChI=1S/C15H19NO3/c1-3-5-16(6-4-2)14(17)12-9-7-10-11(8-9)19-15(18)13(10)12/h3-4,9-13H,1-2,5-8H2/t9-,10-,11+,12-,13-/m0/s1. The van der Waals surface area contributed by atoms with Gasteiger partial charge in [-0.25, -0.2) is 0 Å². The SMILES string of the molecule is C=CCN(CC=C)C(=O)[C@H]1[C@H]2C[C@@H]3[C@@H]1C(=O)O[C@@H]3C2. The molecule has 2 saturated carbocycles. The highest BCUT2D eigenvalue weighted by atomic mass is 16.6. The van der Waals surface area contributed by atoms with E-state index in [-0.39, 0.29) is 35.7 Å². The van der Waals surface area contributed by atoms with Crippen molar-refractivity contribution < 1.29 is 14.3 Å². The molecule has 102 valence electrons. The molecule has 0 unspecified atom stereocenters. The number of hydrogen-bond donors (Lipinski definition) is 0. The van der Waals surface area contributed by atoms with Gasteiger partial charge in [0.2, 0.25) is 5.91 Å². The first-order chi connectivity index (χ1) is 9.17. The molecule has 3 aliphatic rings. The van der Waals surface area contributed by atoms with Crippen LogP contribution in [-0.4, -0.2) is 36.0 Å². The van der Waals surface area contributed by atoms with Crippen LogP contribution in [-0.2, 0) is 14.3 Å². The summed E-state index contributed by atoms with van der Waals surface area (Å²) in [5, 5.41) is 0. The van der Waals surface area contributed by atoms with Crippen molar-refractivity contribution in [1.82, 2.24) is 4.90 Å². The summed E-state index contributed by atoms with van der Waals surface area (Å²) in [4.78, 5) is 26.3. The van der Waals surface area contributed by atoms with Gasteiger partial charge in [-0.3, -0.25) is 9.59 Å². The molecule has 1 aliphatic heterocycles. The third-order valence-electron chi connectivity index (χ3n) is 4.78. The second-order valence-corrected chi connectivity index (χ2v) is 5.74. The number of carbonyl (C=O) groups is 2. The van der Waals surface area contributed by atoms with Gasteiger partial charge < -0.3 is 9.64 Å². The van der Waals surface area contributed by atoms with Crippen molar-refractivity contribution in [2.24, 2.45) is 23.7 Å². The first-order valence-electron chi connectivity index (χ1n) is 6.88. The van der Waals surface area contributed by atoms with Crippen LogP contribution in [0.5, 0.6) is 0 Å². The summed E-state index contributed by atoms with van der Waals surface area (Å²) in [5.41, 5.74) is 0. The van der Waals surface area contributed by atoms with E-state index in [0.29, 0.717) is 19.0 Å². The quantitative estimate of drug-likeness (QED) is 0.555. The van der Waals surface area contributed by atoms with Crippen molar-refractivity contribution in [2.75, 3.05) is 13.1 Å². The van der Waals surface area contributed by atoms with Crippen LogP contribution in [0.4, 0.5) is 0 Å². The van der Waals surface area contributed by atoms with Crippen LogP contribution >= 0.6 is 0 Å². The maximum atomic E-state index is 12.7. The molecule has 1 heterocycles. The van der Waals surface area contributed by atoms with Crippen LogP contribution in [0, 0.1) is 23.7 Å². The van der Waals surface area contributed by atoms with Gasteiger partial charge >= 0.3 is 5.97 Å².